The van der Waals surface area contributed by atoms with Gasteiger partial charge in [-0.25, -0.2) is 0 Å². The zero-order chi connectivity index (χ0) is 15.0. The number of nitrogens with zero attached hydrogens (tertiary/aromatic N) is 1. The minimum absolute atomic E-state index is 0.494. The van der Waals surface area contributed by atoms with Gasteiger partial charge < -0.3 is 10.5 Å². The lowest BCUT2D eigenvalue weighted by Gasteiger charge is -2.12. The largest absolute Gasteiger partial charge is 0.454 e. The highest BCUT2D eigenvalue weighted by atomic mass is 79.9. The number of aromatic nitrogens is 1. The number of fused-ring (bicyclic) bond motifs is 1. The molecule has 0 atom stereocenters. The molecular weight excluding hydrogens is 352 g/mol. The number of nitrogens with two attached hydrogens (primary N) is 1. The van der Waals surface area contributed by atoms with Crippen molar-refractivity contribution in [2.45, 2.75) is 6.92 Å². The van der Waals surface area contributed by atoms with Crippen LogP contribution in [0, 0.1) is 6.92 Å². The molecule has 3 rings (SSSR count). The highest BCUT2D eigenvalue weighted by Gasteiger charge is 2.10. The number of benzene rings is 2. The molecule has 106 valence electrons. The summed E-state index contributed by atoms with van der Waals surface area (Å²) in [6.07, 6.45) is 1.61. The van der Waals surface area contributed by atoms with Crippen LogP contribution in [-0.4, -0.2) is 4.98 Å². The standard InChI is InChI=1S/C16H12BrClN2O/c1-9-6-11(3-4-13(9)18)21-16-12-7-10(17)2-5-15(12)20-8-14(16)19/h2-8H,19H2,1H3. The van der Waals surface area contributed by atoms with Crippen LogP contribution in [0.15, 0.2) is 47.1 Å². The van der Waals surface area contributed by atoms with E-state index in [1.807, 2.05) is 43.3 Å². The predicted molar refractivity (Wildman–Crippen MR) is 90.1 cm³/mol. The van der Waals surface area contributed by atoms with E-state index in [0.717, 1.165) is 20.9 Å². The van der Waals surface area contributed by atoms with Gasteiger partial charge in [0.25, 0.3) is 0 Å². The van der Waals surface area contributed by atoms with Crippen molar-refractivity contribution in [1.82, 2.24) is 4.98 Å². The summed E-state index contributed by atoms with van der Waals surface area (Å²) in [6.45, 7) is 1.93. The maximum Gasteiger partial charge on any atom is 0.161 e. The molecule has 1 heterocycles. The summed E-state index contributed by atoms with van der Waals surface area (Å²) < 4.78 is 6.91. The number of hydrogen-bond donors (Lipinski definition) is 1. The smallest absolute Gasteiger partial charge is 0.161 e. The molecule has 3 aromatic rings. The molecule has 0 saturated heterocycles. The molecule has 3 nitrogen and oxygen atoms in total. The van der Waals surface area contributed by atoms with Crippen LogP contribution in [0.1, 0.15) is 5.56 Å². The average molecular weight is 364 g/mol. The van der Waals surface area contributed by atoms with E-state index in [2.05, 4.69) is 20.9 Å². The summed E-state index contributed by atoms with van der Waals surface area (Å²) >= 11 is 9.49. The van der Waals surface area contributed by atoms with Gasteiger partial charge in [-0.1, -0.05) is 27.5 Å². The van der Waals surface area contributed by atoms with Crippen LogP contribution in [0.2, 0.25) is 5.02 Å². The van der Waals surface area contributed by atoms with Crippen LogP contribution in [0.25, 0.3) is 10.9 Å². The Kier molecular flexibility index (Phi) is 3.74. The summed E-state index contributed by atoms with van der Waals surface area (Å²) in [5, 5.41) is 1.56. The summed E-state index contributed by atoms with van der Waals surface area (Å²) in [7, 11) is 0. The van der Waals surface area contributed by atoms with Gasteiger partial charge in [0, 0.05) is 14.9 Å². The second-order valence-corrected chi connectivity index (χ2v) is 6.04. The third-order valence-corrected chi connectivity index (χ3v) is 4.07. The number of ether oxygens (including phenoxy) is 1. The number of pyridine rings is 1. The van der Waals surface area contributed by atoms with Gasteiger partial charge in [0.05, 0.1) is 17.4 Å². The number of anilines is 1. The third kappa shape index (κ3) is 2.82. The van der Waals surface area contributed by atoms with E-state index in [4.69, 9.17) is 22.1 Å². The van der Waals surface area contributed by atoms with Crippen LogP contribution in [0.3, 0.4) is 0 Å². The van der Waals surface area contributed by atoms with Crippen LogP contribution in [-0.2, 0) is 0 Å². The van der Waals surface area contributed by atoms with Gasteiger partial charge in [0.1, 0.15) is 5.75 Å². The molecule has 0 unspecified atom stereocenters. The van der Waals surface area contributed by atoms with Gasteiger partial charge in [-0.2, -0.15) is 0 Å². The molecule has 0 radical (unpaired) electrons. The Hall–Kier alpha value is -1.78. The first-order valence-corrected chi connectivity index (χ1v) is 7.49. The number of hydrogen-bond acceptors (Lipinski definition) is 3. The van der Waals surface area contributed by atoms with Gasteiger partial charge in [-0.3, -0.25) is 4.98 Å². The van der Waals surface area contributed by atoms with Gasteiger partial charge >= 0.3 is 0 Å². The van der Waals surface area contributed by atoms with E-state index < -0.39 is 0 Å². The first kappa shape index (κ1) is 14.2. The molecule has 0 bridgehead atoms. The Morgan fingerprint density at radius 3 is 2.76 bits per heavy atom. The molecule has 0 aliphatic carbocycles. The van der Waals surface area contributed by atoms with Crippen molar-refractivity contribution in [3.63, 3.8) is 0 Å². The SMILES string of the molecule is Cc1cc(Oc2c(N)cnc3ccc(Br)cc23)ccc1Cl. The summed E-state index contributed by atoms with van der Waals surface area (Å²) in [4.78, 5) is 4.31. The third-order valence-electron chi connectivity index (χ3n) is 3.16. The van der Waals surface area contributed by atoms with Gasteiger partial charge in [0.2, 0.25) is 0 Å². The van der Waals surface area contributed by atoms with E-state index in [1.54, 1.807) is 6.20 Å². The molecule has 0 spiro atoms. The summed E-state index contributed by atoms with van der Waals surface area (Å²) in [6, 6.07) is 11.3. The molecule has 0 amide bonds. The molecule has 0 fully saturated rings. The maximum absolute atomic E-state index is 6.03. The number of nitrogen functional groups attached to an aromatic ring is 1. The lowest BCUT2D eigenvalue weighted by Crippen LogP contribution is -1.95. The second kappa shape index (κ2) is 5.54. The molecule has 0 saturated carbocycles. The molecule has 2 N–H and O–H groups in total. The fraction of sp³-hybridized carbons (Fsp3) is 0.0625. The molecule has 0 aliphatic heterocycles. The van der Waals surface area contributed by atoms with Crippen molar-refractivity contribution in [3.05, 3.63) is 57.7 Å². The maximum atomic E-state index is 6.03. The lowest BCUT2D eigenvalue weighted by molar-refractivity contribution is 0.490. The second-order valence-electron chi connectivity index (χ2n) is 4.72. The van der Waals surface area contributed by atoms with Crippen LogP contribution >= 0.6 is 27.5 Å². The van der Waals surface area contributed by atoms with Crippen LogP contribution < -0.4 is 10.5 Å². The molecule has 0 aliphatic rings. The van der Waals surface area contributed by atoms with Crippen molar-refractivity contribution < 1.29 is 4.74 Å². The normalized spacial score (nSPS) is 10.8. The van der Waals surface area contributed by atoms with Crippen molar-refractivity contribution >= 4 is 44.1 Å². The van der Waals surface area contributed by atoms with Crippen LogP contribution in [0.5, 0.6) is 11.5 Å². The molecule has 21 heavy (non-hydrogen) atoms. The van der Waals surface area contributed by atoms with Gasteiger partial charge in [-0.05, 0) is 48.9 Å². The van der Waals surface area contributed by atoms with Gasteiger partial charge in [-0.15, -0.1) is 0 Å². The fourth-order valence-corrected chi connectivity index (χ4v) is 2.55. The number of halogens is 2. The quantitative estimate of drug-likeness (QED) is 0.669. The van der Waals surface area contributed by atoms with Crippen LogP contribution in [0.4, 0.5) is 5.69 Å². The Morgan fingerprint density at radius 1 is 1.19 bits per heavy atom. The zero-order valence-corrected chi connectivity index (χ0v) is 13.6. The van der Waals surface area contributed by atoms with Crippen molar-refractivity contribution in [3.8, 4) is 11.5 Å². The zero-order valence-electron chi connectivity index (χ0n) is 11.2. The fourth-order valence-electron chi connectivity index (χ4n) is 2.07. The number of rotatable bonds is 2. The van der Waals surface area contributed by atoms with E-state index in [-0.39, 0.29) is 0 Å². The lowest BCUT2D eigenvalue weighted by atomic mass is 10.2. The van der Waals surface area contributed by atoms with E-state index in [1.165, 1.54) is 0 Å². The number of aryl methyl sites for hydroxylation is 1. The molecular formula is C16H12BrClN2O. The van der Waals surface area contributed by atoms with E-state index >= 15 is 0 Å². The van der Waals surface area contributed by atoms with Crippen molar-refractivity contribution in [2.75, 3.05) is 5.73 Å². The highest BCUT2D eigenvalue weighted by Crippen LogP contribution is 2.36. The molecule has 1 aromatic heterocycles. The Bertz CT molecular complexity index is 831. The van der Waals surface area contributed by atoms with Crippen molar-refractivity contribution in [1.29, 1.82) is 0 Å². The Morgan fingerprint density at radius 2 is 2.00 bits per heavy atom. The summed E-state index contributed by atoms with van der Waals surface area (Å²) in [5.74, 6) is 1.29. The summed E-state index contributed by atoms with van der Waals surface area (Å²) in [5.41, 5.74) is 8.30. The van der Waals surface area contributed by atoms with E-state index in [9.17, 15) is 0 Å². The minimum atomic E-state index is 0.494. The molecule has 2 aromatic carbocycles. The average Bonchev–Trinajstić information content (AvgIpc) is 2.46. The predicted octanol–water partition coefficient (Wildman–Crippen LogP) is 5.33. The monoisotopic (exact) mass is 362 g/mol. The first-order valence-electron chi connectivity index (χ1n) is 6.32. The highest BCUT2D eigenvalue weighted by molar-refractivity contribution is 9.10. The minimum Gasteiger partial charge on any atom is -0.454 e. The van der Waals surface area contributed by atoms with Crippen molar-refractivity contribution in [2.24, 2.45) is 0 Å². The molecule has 5 heteroatoms. The Labute approximate surface area is 135 Å². The van der Waals surface area contributed by atoms with E-state index in [0.29, 0.717) is 22.2 Å². The Balaban J connectivity index is 2.12. The topological polar surface area (TPSA) is 48.1 Å². The first-order chi connectivity index (χ1) is 10.0. The van der Waals surface area contributed by atoms with Gasteiger partial charge in [0.15, 0.2) is 5.75 Å².